The van der Waals surface area contributed by atoms with Crippen LogP contribution in [0.2, 0.25) is 0 Å². The predicted molar refractivity (Wildman–Crippen MR) is 59.9 cm³/mol. The summed E-state index contributed by atoms with van der Waals surface area (Å²) in [4.78, 5) is 11.1. The first-order valence-electron chi connectivity index (χ1n) is 4.48. The second kappa shape index (κ2) is 4.21. The van der Waals surface area contributed by atoms with Crippen LogP contribution in [0.1, 0.15) is 9.67 Å². The number of nitrogens with zero attached hydrogens (tertiary/aromatic N) is 1. The summed E-state index contributed by atoms with van der Waals surface area (Å²) in [5, 5.41) is 18.2. The molecule has 5 heteroatoms. The van der Waals surface area contributed by atoms with Crippen molar-refractivity contribution in [3.8, 4) is 11.8 Å². The molecule has 0 aliphatic heterocycles. The molecule has 0 spiro atoms. The van der Waals surface area contributed by atoms with Gasteiger partial charge in [0.25, 0.3) is 0 Å². The maximum absolute atomic E-state index is 11.0. The Labute approximate surface area is 95.3 Å². The highest BCUT2D eigenvalue weighted by atomic mass is 32.1. The summed E-state index contributed by atoms with van der Waals surface area (Å²) in [6, 6.07) is 9.07. The summed E-state index contributed by atoms with van der Waals surface area (Å²) in [6.07, 6.45) is 0. The topological polar surface area (TPSA) is 70.3 Å². The molecule has 0 amide bonds. The van der Waals surface area contributed by atoms with Crippen molar-refractivity contribution < 1.29 is 14.6 Å². The van der Waals surface area contributed by atoms with Crippen molar-refractivity contribution in [1.29, 1.82) is 5.26 Å². The molecule has 1 N–H and O–H groups in total. The highest BCUT2D eigenvalue weighted by Crippen LogP contribution is 2.37. The van der Waals surface area contributed by atoms with Crippen molar-refractivity contribution in [3.05, 3.63) is 29.1 Å². The number of ether oxygens (including phenoxy) is 1. The summed E-state index contributed by atoms with van der Waals surface area (Å²) in [6.45, 7) is -0.152. The number of carbonyl (C=O) groups is 1. The third kappa shape index (κ3) is 1.71. The molecule has 1 heterocycles. The van der Waals surface area contributed by atoms with Crippen LogP contribution in [0, 0.1) is 11.3 Å². The third-order valence-corrected chi connectivity index (χ3v) is 3.17. The molecular weight excluding hydrogens is 226 g/mol. The molecule has 2 rings (SSSR count). The van der Waals surface area contributed by atoms with Gasteiger partial charge in [-0.15, -0.1) is 11.3 Å². The van der Waals surface area contributed by atoms with Gasteiger partial charge in [0, 0.05) is 10.1 Å². The standard InChI is InChI=1S/C11H7NO3S/c12-5-6-15-9-7-3-1-2-4-8(7)16-10(9)11(13)14/h1-4H,6H2,(H,13,14). The highest BCUT2D eigenvalue weighted by Gasteiger charge is 2.18. The normalized spacial score (nSPS) is 9.94. The van der Waals surface area contributed by atoms with E-state index in [1.54, 1.807) is 12.1 Å². The minimum atomic E-state index is -1.03. The minimum Gasteiger partial charge on any atom is -0.477 e. The van der Waals surface area contributed by atoms with Gasteiger partial charge in [0.15, 0.2) is 17.2 Å². The zero-order valence-corrected chi connectivity index (χ0v) is 8.95. The predicted octanol–water partition coefficient (Wildman–Crippen LogP) is 2.50. The van der Waals surface area contributed by atoms with Crippen LogP contribution in [-0.2, 0) is 0 Å². The summed E-state index contributed by atoms with van der Waals surface area (Å²) in [5.74, 6) is -0.746. The Morgan fingerprint density at radius 2 is 2.25 bits per heavy atom. The monoisotopic (exact) mass is 233 g/mol. The third-order valence-electron chi connectivity index (χ3n) is 2.03. The lowest BCUT2D eigenvalue weighted by atomic mass is 10.2. The number of nitriles is 1. The Balaban J connectivity index is 2.60. The van der Waals surface area contributed by atoms with Gasteiger partial charge in [-0.2, -0.15) is 5.26 Å². The summed E-state index contributed by atoms with van der Waals surface area (Å²) < 4.78 is 6.01. The van der Waals surface area contributed by atoms with Crippen LogP contribution in [0.3, 0.4) is 0 Å². The average Bonchev–Trinajstić information content (AvgIpc) is 2.65. The number of hydrogen-bond donors (Lipinski definition) is 1. The molecule has 0 radical (unpaired) electrons. The van der Waals surface area contributed by atoms with Crippen LogP contribution in [0.4, 0.5) is 0 Å². The average molecular weight is 233 g/mol. The second-order valence-electron chi connectivity index (χ2n) is 3.01. The molecule has 0 unspecified atom stereocenters. The minimum absolute atomic E-state index is 0.136. The molecule has 0 aliphatic carbocycles. The highest BCUT2D eigenvalue weighted by molar-refractivity contribution is 7.21. The zero-order valence-electron chi connectivity index (χ0n) is 8.14. The van der Waals surface area contributed by atoms with E-state index in [4.69, 9.17) is 15.1 Å². The van der Waals surface area contributed by atoms with Gasteiger partial charge < -0.3 is 9.84 Å². The van der Waals surface area contributed by atoms with E-state index >= 15 is 0 Å². The van der Waals surface area contributed by atoms with Crippen LogP contribution in [-0.4, -0.2) is 17.7 Å². The van der Waals surface area contributed by atoms with Gasteiger partial charge in [0.05, 0.1) is 0 Å². The lowest BCUT2D eigenvalue weighted by Crippen LogP contribution is -1.99. The van der Waals surface area contributed by atoms with Crippen LogP contribution in [0.15, 0.2) is 24.3 Å². The number of carboxylic acid groups (broad SMARTS) is 1. The molecule has 0 atom stereocenters. The van der Waals surface area contributed by atoms with E-state index in [0.717, 1.165) is 21.4 Å². The van der Waals surface area contributed by atoms with Crippen molar-refractivity contribution in [2.24, 2.45) is 0 Å². The number of hydrogen-bond acceptors (Lipinski definition) is 4. The van der Waals surface area contributed by atoms with E-state index in [1.807, 2.05) is 18.2 Å². The molecular formula is C11H7NO3S. The Morgan fingerprint density at radius 3 is 2.94 bits per heavy atom. The molecule has 0 fully saturated rings. The molecule has 1 aromatic carbocycles. The SMILES string of the molecule is N#CCOc1c(C(=O)O)sc2ccccc12. The fourth-order valence-corrected chi connectivity index (χ4v) is 2.40. The van der Waals surface area contributed by atoms with Gasteiger partial charge >= 0.3 is 5.97 Å². The van der Waals surface area contributed by atoms with E-state index in [9.17, 15) is 4.79 Å². The first kappa shape index (κ1) is 10.5. The van der Waals surface area contributed by atoms with E-state index in [2.05, 4.69) is 0 Å². The van der Waals surface area contributed by atoms with Crippen molar-refractivity contribution in [2.45, 2.75) is 0 Å². The summed E-state index contributed by atoms with van der Waals surface area (Å²) in [7, 11) is 0. The molecule has 2 aromatic rings. The van der Waals surface area contributed by atoms with Crippen molar-refractivity contribution in [1.82, 2.24) is 0 Å². The molecule has 0 saturated heterocycles. The maximum atomic E-state index is 11.0. The zero-order chi connectivity index (χ0) is 11.5. The quantitative estimate of drug-likeness (QED) is 0.884. The molecule has 0 bridgehead atoms. The lowest BCUT2D eigenvalue weighted by Gasteiger charge is -2.00. The Bertz CT molecular complexity index is 582. The number of benzene rings is 1. The molecule has 0 aliphatic rings. The van der Waals surface area contributed by atoms with Gasteiger partial charge in [-0.3, -0.25) is 0 Å². The van der Waals surface area contributed by atoms with Crippen LogP contribution in [0.25, 0.3) is 10.1 Å². The molecule has 1 aromatic heterocycles. The maximum Gasteiger partial charge on any atom is 0.349 e. The number of fused-ring (bicyclic) bond motifs is 1. The van der Waals surface area contributed by atoms with Gasteiger partial charge in [0.2, 0.25) is 0 Å². The van der Waals surface area contributed by atoms with Crippen molar-refractivity contribution in [2.75, 3.05) is 6.61 Å². The first-order chi connectivity index (χ1) is 7.74. The summed E-state index contributed by atoms with van der Waals surface area (Å²) >= 11 is 1.15. The van der Waals surface area contributed by atoms with Gasteiger partial charge in [-0.25, -0.2) is 4.79 Å². The second-order valence-corrected chi connectivity index (χ2v) is 4.06. The lowest BCUT2D eigenvalue weighted by molar-refractivity contribution is 0.0699. The van der Waals surface area contributed by atoms with E-state index in [1.165, 1.54) is 0 Å². The molecule has 0 saturated carbocycles. The number of aromatic carboxylic acids is 1. The van der Waals surface area contributed by atoms with Crippen LogP contribution in [0.5, 0.6) is 5.75 Å². The van der Waals surface area contributed by atoms with E-state index in [0.29, 0.717) is 0 Å². The van der Waals surface area contributed by atoms with Gasteiger partial charge in [0.1, 0.15) is 6.07 Å². The van der Waals surface area contributed by atoms with Gasteiger partial charge in [-0.05, 0) is 12.1 Å². The van der Waals surface area contributed by atoms with Crippen molar-refractivity contribution >= 4 is 27.4 Å². The molecule has 16 heavy (non-hydrogen) atoms. The number of thiophene rings is 1. The Kier molecular flexibility index (Phi) is 2.75. The van der Waals surface area contributed by atoms with Crippen LogP contribution < -0.4 is 4.74 Å². The fourth-order valence-electron chi connectivity index (χ4n) is 1.41. The number of rotatable bonds is 3. The van der Waals surface area contributed by atoms with Crippen molar-refractivity contribution in [3.63, 3.8) is 0 Å². The number of carboxylic acids is 1. The first-order valence-corrected chi connectivity index (χ1v) is 5.30. The van der Waals surface area contributed by atoms with Crippen LogP contribution >= 0.6 is 11.3 Å². The fraction of sp³-hybridized carbons (Fsp3) is 0.0909. The summed E-state index contributed by atoms with van der Waals surface area (Å²) in [5.41, 5.74) is 0. The molecule has 4 nitrogen and oxygen atoms in total. The smallest absolute Gasteiger partial charge is 0.349 e. The Hall–Kier alpha value is -2.06. The van der Waals surface area contributed by atoms with E-state index < -0.39 is 5.97 Å². The Morgan fingerprint density at radius 1 is 1.50 bits per heavy atom. The largest absolute Gasteiger partial charge is 0.477 e. The van der Waals surface area contributed by atoms with Gasteiger partial charge in [-0.1, -0.05) is 12.1 Å². The van der Waals surface area contributed by atoms with E-state index in [-0.39, 0.29) is 17.2 Å². The molecule has 80 valence electrons.